The molecule has 1 aliphatic heterocycles. The van der Waals surface area contributed by atoms with Gasteiger partial charge in [-0.2, -0.15) is 5.26 Å². The monoisotopic (exact) mass is 342 g/mol. The van der Waals surface area contributed by atoms with Crippen molar-refractivity contribution < 1.29 is 15.2 Å². The van der Waals surface area contributed by atoms with E-state index in [1.807, 2.05) is 6.07 Å². The summed E-state index contributed by atoms with van der Waals surface area (Å²) in [6.07, 6.45) is -0.197. The third-order valence-corrected chi connectivity index (χ3v) is 4.90. The number of thiophene rings is 1. The van der Waals surface area contributed by atoms with Gasteiger partial charge >= 0.3 is 0 Å². The molecule has 2 heterocycles. The lowest BCUT2D eigenvalue weighted by Gasteiger charge is -2.24. The number of nitrogens with zero attached hydrogens (tertiary/aromatic N) is 3. The Hall–Kier alpha value is -2.89. The number of ether oxygens (including phenoxy) is 1. The van der Waals surface area contributed by atoms with Gasteiger partial charge in [-0.15, -0.1) is 11.3 Å². The highest BCUT2D eigenvalue weighted by Crippen LogP contribution is 2.40. The molecule has 1 aromatic carbocycles. The molecule has 1 aromatic heterocycles. The van der Waals surface area contributed by atoms with E-state index in [1.165, 1.54) is 11.3 Å². The Morgan fingerprint density at radius 2 is 2.04 bits per heavy atom. The van der Waals surface area contributed by atoms with Crippen molar-refractivity contribution in [3.8, 4) is 6.07 Å². The molecule has 0 saturated heterocycles. The second-order valence-corrected chi connectivity index (χ2v) is 6.18. The van der Waals surface area contributed by atoms with Crippen LogP contribution in [0, 0.1) is 11.3 Å². The van der Waals surface area contributed by atoms with E-state index in [9.17, 15) is 15.7 Å². The summed E-state index contributed by atoms with van der Waals surface area (Å²) in [5.74, 6) is 0. The van der Waals surface area contributed by atoms with Gasteiger partial charge in [-0.1, -0.05) is 40.6 Å². The molecule has 1 atom stereocenters. The molecule has 122 valence electrons. The van der Waals surface area contributed by atoms with Gasteiger partial charge in [0.15, 0.2) is 0 Å². The van der Waals surface area contributed by atoms with Gasteiger partial charge in [0.25, 0.3) is 0 Å². The Morgan fingerprint density at radius 3 is 2.67 bits per heavy atom. The minimum Gasteiger partial charge on any atom is -0.410 e. The number of fused-ring (bicyclic) bond motifs is 1. The molecule has 0 spiro atoms. The number of nitrogen functional groups attached to an aromatic ring is 1. The second kappa shape index (κ2) is 6.70. The van der Waals surface area contributed by atoms with Crippen molar-refractivity contribution in [2.45, 2.75) is 12.5 Å². The van der Waals surface area contributed by atoms with Crippen LogP contribution in [0.2, 0.25) is 0 Å². The van der Waals surface area contributed by atoms with E-state index >= 15 is 0 Å². The summed E-state index contributed by atoms with van der Waals surface area (Å²) in [6, 6.07) is 10.9. The van der Waals surface area contributed by atoms with E-state index in [0.29, 0.717) is 34.0 Å². The minimum absolute atomic E-state index is 0.0652. The molecule has 0 radical (unpaired) electrons. The fourth-order valence-corrected chi connectivity index (χ4v) is 3.84. The van der Waals surface area contributed by atoms with Crippen LogP contribution in [0.15, 0.2) is 40.6 Å². The molecular weight excluding hydrogens is 328 g/mol. The summed E-state index contributed by atoms with van der Waals surface area (Å²) in [5, 5.41) is 35.2. The first-order valence-corrected chi connectivity index (χ1v) is 7.95. The van der Waals surface area contributed by atoms with E-state index in [4.69, 9.17) is 10.5 Å². The van der Waals surface area contributed by atoms with Crippen LogP contribution in [0.4, 0.5) is 5.00 Å². The number of anilines is 1. The Bertz CT molecular complexity index is 852. The van der Waals surface area contributed by atoms with Crippen LogP contribution < -0.4 is 5.73 Å². The van der Waals surface area contributed by atoms with Crippen LogP contribution >= 0.6 is 11.3 Å². The lowest BCUT2D eigenvalue weighted by atomic mass is 9.96. The zero-order valence-corrected chi connectivity index (χ0v) is 13.3. The van der Waals surface area contributed by atoms with Crippen molar-refractivity contribution in [2.24, 2.45) is 10.3 Å². The molecule has 8 heteroatoms. The quantitative estimate of drug-likeness (QED) is 0.449. The Morgan fingerprint density at radius 1 is 1.29 bits per heavy atom. The van der Waals surface area contributed by atoms with E-state index in [1.54, 1.807) is 24.3 Å². The number of benzene rings is 1. The zero-order valence-electron chi connectivity index (χ0n) is 12.5. The smallest absolute Gasteiger partial charge is 0.143 e. The number of nitriles is 1. The molecule has 0 fully saturated rings. The lowest BCUT2D eigenvalue weighted by molar-refractivity contribution is 0.0894. The molecule has 2 aromatic rings. The number of nitrogens with two attached hydrogens (primary N) is 1. The lowest BCUT2D eigenvalue weighted by Crippen LogP contribution is -2.29. The van der Waals surface area contributed by atoms with Gasteiger partial charge in [-0.25, -0.2) is 0 Å². The summed E-state index contributed by atoms with van der Waals surface area (Å²) in [6.45, 7) is 0.342. The molecule has 4 N–H and O–H groups in total. The molecular formula is C16H14N4O3S. The molecule has 24 heavy (non-hydrogen) atoms. The van der Waals surface area contributed by atoms with Crippen LogP contribution in [-0.4, -0.2) is 28.4 Å². The van der Waals surface area contributed by atoms with E-state index in [-0.39, 0.29) is 11.4 Å². The maximum Gasteiger partial charge on any atom is 0.143 e. The topological polar surface area (TPSA) is 124 Å². The first-order valence-electron chi connectivity index (χ1n) is 7.13. The summed E-state index contributed by atoms with van der Waals surface area (Å²) < 4.78 is 5.74. The molecule has 1 unspecified atom stereocenters. The Labute approximate surface area is 141 Å². The fraction of sp³-hybridized carbons (Fsp3) is 0.188. The first-order chi connectivity index (χ1) is 11.7. The number of rotatable bonds is 3. The molecule has 0 aliphatic carbocycles. The van der Waals surface area contributed by atoms with Crippen molar-refractivity contribution in [3.05, 3.63) is 51.9 Å². The number of oxime groups is 2. The van der Waals surface area contributed by atoms with Crippen LogP contribution in [0.5, 0.6) is 0 Å². The van der Waals surface area contributed by atoms with Gasteiger partial charge in [0, 0.05) is 10.4 Å². The van der Waals surface area contributed by atoms with Crippen molar-refractivity contribution in [1.82, 2.24) is 0 Å². The van der Waals surface area contributed by atoms with Crippen LogP contribution in [0.3, 0.4) is 0 Å². The van der Waals surface area contributed by atoms with E-state index < -0.39 is 6.10 Å². The fourth-order valence-electron chi connectivity index (χ4n) is 2.72. The van der Waals surface area contributed by atoms with Gasteiger partial charge in [-0.05, 0) is 12.0 Å². The van der Waals surface area contributed by atoms with Crippen molar-refractivity contribution in [2.75, 3.05) is 12.3 Å². The Kier molecular flexibility index (Phi) is 4.46. The highest BCUT2D eigenvalue weighted by atomic mass is 32.1. The standard InChI is InChI=1S/C16H14N4O3S/c17-8-11-10-6-7-23-14(15(10)24-16(11)18)13(20-22)12(19-21)9-4-2-1-3-5-9/h1-5,14,21-22H,6-7,18H2/b19-12+,20-13+. The van der Waals surface area contributed by atoms with Crippen LogP contribution in [0.1, 0.15) is 27.7 Å². The molecule has 0 bridgehead atoms. The predicted molar refractivity (Wildman–Crippen MR) is 89.8 cm³/mol. The van der Waals surface area contributed by atoms with Gasteiger partial charge in [0.2, 0.25) is 0 Å². The van der Waals surface area contributed by atoms with Crippen molar-refractivity contribution in [3.63, 3.8) is 0 Å². The summed E-state index contributed by atoms with van der Waals surface area (Å²) in [7, 11) is 0. The van der Waals surface area contributed by atoms with Gasteiger partial charge in [-0.3, -0.25) is 0 Å². The Balaban J connectivity index is 2.07. The van der Waals surface area contributed by atoms with Crippen LogP contribution in [0.25, 0.3) is 0 Å². The number of hydrogen-bond donors (Lipinski definition) is 3. The maximum absolute atomic E-state index is 9.52. The van der Waals surface area contributed by atoms with Crippen molar-refractivity contribution >= 4 is 27.8 Å². The van der Waals surface area contributed by atoms with Crippen LogP contribution in [-0.2, 0) is 11.2 Å². The third-order valence-electron chi connectivity index (χ3n) is 3.80. The summed E-state index contributed by atoms with van der Waals surface area (Å²) >= 11 is 1.22. The van der Waals surface area contributed by atoms with E-state index in [2.05, 4.69) is 16.4 Å². The number of hydrogen-bond acceptors (Lipinski definition) is 8. The summed E-state index contributed by atoms with van der Waals surface area (Å²) in [4.78, 5) is 0.695. The molecule has 7 nitrogen and oxygen atoms in total. The third kappa shape index (κ3) is 2.60. The van der Waals surface area contributed by atoms with Gasteiger partial charge < -0.3 is 20.9 Å². The van der Waals surface area contributed by atoms with Gasteiger partial charge in [0.05, 0.1) is 12.2 Å². The average molecular weight is 342 g/mol. The second-order valence-electron chi connectivity index (χ2n) is 5.10. The van der Waals surface area contributed by atoms with Crippen molar-refractivity contribution in [1.29, 1.82) is 5.26 Å². The average Bonchev–Trinajstić information content (AvgIpc) is 2.95. The SMILES string of the molecule is N#Cc1c(N)sc2c1CCOC2C(=N/O)/C(=N/O)c1ccccc1. The maximum atomic E-state index is 9.52. The van der Waals surface area contributed by atoms with E-state index in [0.717, 1.165) is 5.56 Å². The molecule has 0 saturated carbocycles. The molecule has 0 amide bonds. The highest BCUT2D eigenvalue weighted by molar-refractivity contribution is 7.16. The molecule has 3 rings (SSSR count). The minimum atomic E-state index is -0.751. The van der Waals surface area contributed by atoms with Gasteiger partial charge in [0.1, 0.15) is 28.6 Å². The predicted octanol–water partition coefficient (Wildman–Crippen LogP) is 2.52. The molecule has 1 aliphatic rings. The summed E-state index contributed by atoms with van der Waals surface area (Å²) in [5.41, 5.74) is 7.88. The zero-order chi connectivity index (χ0) is 17.1. The first kappa shape index (κ1) is 16.0. The normalized spacial score (nSPS) is 18.0. The highest BCUT2D eigenvalue weighted by Gasteiger charge is 2.34. The largest absolute Gasteiger partial charge is 0.410 e.